The van der Waals surface area contributed by atoms with Gasteiger partial charge in [0, 0.05) is 19.1 Å². The number of aliphatic hydroxyl groups excluding tert-OH is 1. The minimum Gasteiger partial charge on any atom is -0.481 e. The van der Waals surface area contributed by atoms with Crippen molar-refractivity contribution in [3.8, 4) is 0 Å². The number of carboxylic acid groups (broad SMARTS) is 1. The maximum absolute atomic E-state index is 10.4. The molecule has 2 N–H and O–H groups in total. The molecule has 0 aliphatic heterocycles. The molecule has 0 aliphatic carbocycles. The van der Waals surface area contributed by atoms with Gasteiger partial charge in [-0.05, 0) is 13.8 Å². The summed E-state index contributed by atoms with van der Waals surface area (Å²) in [5.74, 6) is -0.781. The summed E-state index contributed by atoms with van der Waals surface area (Å²) >= 11 is 0. The summed E-state index contributed by atoms with van der Waals surface area (Å²) in [6, 6.07) is 0.307. The first-order valence-electron chi connectivity index (χ1n) is 5.22. The Labute approximate surface area is 90.6 Å². The van der Waals surface area contributed by atoms with Crippen LogP contribution in [0.4, 0.5) is 0 Å². The SMILES string of the molecule is CC(C)N(CCOCCO)CCC(=O)O. The molecular weight excluding hydrogens is 198 g/mol. The van der Waals surface area contributed by atoms with Gasteiger partial charge in [0.1, 0.15) is 0 Å². The van der Waals surface area contributed by atoms with Gasteiger partial charge in [0.15, 0.2) is 0 Å². The number of ether oxygens (including phenoxy) is 1. The first kappa shape index (κ1) is 14.3. The number of aliphatic carboxylic acids is 1. The molecule has 0 aliphatic rings. The molecule has 0 spiro atoms. The summed E-state index contributed by atoms with van der Waals surface area (Å²) in [5, 5.41) is 17.1. The van der Waals surface area contributed by atoms with E-state index in [0.29, 0.717) is 32.3 Å². The number of carbonyl (C=O) groups is 1. The molecule has 5 heteroatoms. The fourth-order valence-corrected chi connectivity index (χ4v) is 1.22. The molecule has 0 unspecified atom stereocenters. The highest BCUT2D eigenvalue weighted by atomic mass is 16.5. The van der Waals surface area contributed by atoms with E-state index in [-0.39, 0.29) is 13.0 Å². The van der Waals surface area contributed by atoms with E-state index in [4.69, 9.17) is 14.9 Å². The lowest BCUT2D eigenvalue weighted by Gasteiger charge is -2.25. The maximum atomic E-state index is 10.4. The van der Waals surface area contributed by atoms with E-state index >= 15 is 0 Å². The Balaban J connectivity index is 3.68. The van der Waals surface area contributed by atoms with Crippen LogP contribution in [0.25, 0.3) is 0 Å². The number of aliphatic hydroxyl groups is 1. The first-order chi connectivity index (χ1) is 7.07. The number of hydrogen-bond donors (Lipinski definition) is 2. The van der Waals surface area contributed by atoms with Crippen LogP contribution in [0.2, 0.25) is 0 Å². The van der Waals surface area contributed by atoms with E-state index in [0.717, 1.165) is 0 Å². The Hall–Kier alpha value is -0.650. The molecule has 0 aromatic heterocycles. The van der Waals surface area contributed by atoms with Gasteiger partial charge < -0.3 is 14.9 Å². The summed E-state index contributed by atoms with van der Waals surface area (Å²) in [4.78, 5) is 12.5. The summed E-state index contributed by atoms with van der Waals surface area (Å²) in [6.07, 6.45) is 0.151. The van der Waals surface area contributed by atoms with Crippen molar-refractivity contribution in [2.45, 2.75) is 26.3 Å². The van der Waals surface area contributed by atoms with E-state index in [1.54, 1.807) is 0 Å². The van der Waals surface area contributed by atoms with Crippen LogP contribution >= 0.6 is 0 Å². The lowest BCUT2D eigenvalue weighted by molar-refractivity contribution is -0.137. The van der Waals surface area contributed by atoms with Gasteiger partial charge in [-0.25, -0.2) is 0 Å². The number of rotatable bonds is 9. The van der Waals surface area contributed by atoms with E-state index in [9.17, 15) is 4.79 Å². The minimum absolute atomic E-state index is 0.0246. The molecule has 0 amide bonds. The number of hydrogen-bond acceptors (Lipinski definition) is 4. The zero-order valence-electron chi connectivity index (χ0n) is 9.48. The molecule has 0 radical (unpaired) electrons. The van der Waals surface area contributed by atoms with Crippen molar-refractivity contribution < 1.29 is 19.7 Å². The Morgan fingerprint density at radius 3 is 2.47 bits per heavy atom. The van der Waals surface area contributed by atoms with E-state index < -0.39 is 5.97 Å². The lowest BCUT2D eigenvalue weighted by Crippen LogP contribution is -2.35. The number of nitrogens with zero attached hydrogens (tertiary/aromatic N) is 1. The summed E-state index contributed by atoms with van der Waals surface area (Å²) in [7, 11) is 0. The summed E-state index contributed by atoms with van der Waals surface area (Å²) in [5.41, 5.74) is 0. The smallest absolute Gasteiger partial charge is 0.304 e. The van der Waals surface area contributed by atoms with Gasteiger partial charge >= 0.3 is 5.97 Å². The summed E-state index contributed by atoms with van der Waals surface area (Å²) < 4.78 is 5.13. The Morgan fingerprint density at radius 2 is 2.00 bits per heavy atom. The maximum Gasteiger partial charge on any atom is 0.304 e. The van der Waals surface area contributed by atoms with Gasteiger partial charge in [0.2, 0.25) is 0 Å². The molecule has 0 saturated carbocycles. The molecule has 5 nitrogen and oxygen atoms in total. The van der Waals surface area contributed by atoms with Crippen LogP contribution in [0.15, 0.2) is 0 Å². The van der Waals surface area contributed by atoms with Gasteiger partial charge in [-0.1, -0.05) is 0 Å². The highest BCUT2D eigenvalue weighted by molar-refractivity contribution is 5.66. The predicted molar refractivity (Wildman–Crippen MR) is 56.9 cm³/mol. The molecule has 0 saturated heterocycles. The molecule has 15 heavy (non-hydrogen) atoms. The second-order valence-corrected chi connectivity index (χ2v) is 3.61. The highest BCUT2D eigenvalue weighted by Crippen LogP contribution is 1.99. The van der Waals surface area contributed by atoms with Gasteiger partial charge in [-0.2, -0.15) is 0 Å². The fourth-order valence-electron chi connectivity index (χ4n) is 1.22. The average Bonchev–Trinajstić information content (AvgIpc) is 2.15. The summed E-state index contributed by atoms with van der Waals surface area (Å²) in [6.45, 7) is 6.17. The van der Waals surface area contributed by atoms with Gasteiger partial charge in [-0.3, -0.25) is 9.69 Å². The predicted octanol–water partition coefficient (Wildman–Crippen LogP) is 0.180. The van der Waals surface area contributed by atoms with E-state index in [2.05, 4.69) is 0 Å². The topological polar surface area (TPSA) is 70.0 Å². The van der Waals surface area contributed by atoms with Crippen molar-refractivity contribution in [2.24, 2.45) is 0 Å². The molecule has 0 rings (SSSR count). The monoisotopic (exact) mass is 219 g/mol. The Morgan fingerprint density at radius 1 is 1.33 bits per heavy atom. The first-order valence-corrected chi connectivity index (χ1v) is 5.22. The van der Waals surface area contributed by atoms with Crippen LogP contribution in [0.3, 0.4) is 0 Å². The molecule has 0 heterocycles. The van der Waals surface area contributed by atoms with Crippen LogP contribution in [-0.2, 0) is 9.53 Å². The number of carboxylic acids is 1. The van der Waals surface area contributed by atoms with Gasteiger partial charge in [-0.15, -0.1) is 0 Å². The normalized spacial score (nSPS) is 11.3. The quantitative estimate of drug-likeness (QED) is 0.541. The molecular formula is C10H21NO4. The van der Waals surface area contributed by atoms with Crippen molar-refractivity contribution in [2.75, 3.05) is 32.9 Å². The molecule has 0 atom stereocenters. The second kappa shape index (κ2) is 8.64. The van der Waals surface area contributed by atoms with Crippen molar-refractivity contribution >= 4 is 5.97 Å². The van der Waals surface area contributed by atoms with Crippen molar-refractivity contribution in [1.29, 1.82) is 0 Å². The van der Waals surface area contributed by atoms with Gasteiger partial charge in [0.25, 0.3) is 0 Å². The molecule has 90 valence electrons. The standard InChI is InChI=1S/C10H21NO4/c1-9(2)11(4-3-10(13)14)5-7-15-8-6-12/h9,12H,3-8H2,1-2H3,(H,13,14). The lowest BCUT2D eigenvalue weighted by atomic mass is 10.3. The van der Waals surface area contributed by atoms with Crippen LogP contribution in [-0.4, -0.2) is 60.0 Å². The van der Waals surface area contributed by atoms with Crippen LogP contribution in [0.5, 0.6) is 0 Å². The van der Waals surface area contributed by atoms with Crippen molar-refractivity contribution in [3.05, 3.63) is 0 Å². The van der Waals surface area contributed by atoms with Crippen LogP contribution < -0.4 is 0 Å². The third-order valence-electron chi connectivity index (χ3n) is 2.10. The molecule has 0 aromatic rings. The third-order valence-corrected chi connectivity index (χ3v) is 2.10. The van der Waals surface area contributed by atoms with E-state index in [1.807, 2.05) is 18.7 Å². The van der Waals surface area contributed by atoms with Gasteiger partial charge in [0.05, 0.1) is 26.2 Å². The molecule has 0 fully saturated rings. The molecule has 0 bridgehead atoms. The fraction of sp³-hybridized carbons (Fsp3) is 0.900. The van der Waals surface area contributed by atoms with E-state index in [1.165, 1.54) is 0 Å². The average molecular weight is 219 g/mol. The minimum atomic E-state index is -0.781. The molecule has 0 aromatic carbocycles. The Kier molecular flexibility index (Phi) is 8.27. The second-order valence-electron chi connectivity index (χ2n) is 3.61. The zero-order valence-corrected chi connectivity index (χ0v) is 9.48. The van der Waals surface area contributed by atoms with Crippen LogP contribution in [0.1, 0.15) is 20.3 Å². The highest BCUT2D eigenvalue weighted by Gasteiger charge is 2.10. The largest absolute Gasteiger partial charge is 0.481 e. The van der Waals surface area contributed by atoms with Crippen molar-refractivity contribution in [3.63, 3.8) is 0 Å². The Bertz CT molecular complexity index is 173. The van der Waals surface area contributed by atoms with Crippen molar-refractivity contribution in [1.82, 2.24) is 4.90 Å². The zero-order chi connectivity index (χ0) is 11.7. The third kappa shape index (κ3) is 8.35. The van der Waals surface area contributed by atoms with Crippen LogP contribution in [0, 0.1) is 0 Å².